The lowest BCUT2D eigenvalue weighted by Crippen LogP contribution is -2.40. The number of ketones is 1. The minimum atomic E-state index is -0.00877. The SMILES string of the molecule is CCc1c(CCN2CCC(c3coc4cc(C)c(Cl)cc34)CC2)sc2c1CNC(C(C)=O)C2. The quantitative estimate of drug-likeness (QED) is 0.463. The topological polar surface area (TPSA) is 45.5 Å². The number of Topliss-reactive ketones (excluding diaryl/α,β-unsaturated/α-hetero) is 1. The Hall–Kier alpha value is -1.66. The van der Waals surface area contributed by atoms with Gasteiger partial charge in [0, 0.05) is 45.2 Å². The van der Waals surface area contributed by atoms with Crippen molar-refractivity contribution in [1.82, 2.24) is 10.2 Å². The highest BCUT2D eigenvalue weighted by atomic mass is 35.5. The molecule has 4 heterocycles. The number of thiophene rings is 1. The third kappa shape index (κ3) is 4.53. The molecule has 5 rings (SSSR count). The average Bonchev–Trinajstić information content (AvgIpc) is 3.38. The molecule has 176 valence electrons. The zero-order valence-electron chi connectivity index (χ0n) is 19.8. The lowest BCUT2D eigenvalue weighted by Gasteiger charge is -2.31. The summed E-state index contributed by atoms with van der Waals surface area (Å²) < 4.78 is 5.86. The molecule has 33 heavy (non-hydrogen) atoms. The Kier molecular flexibility index (Phi) is 6.67. The first kappa shape index (κ1) is 23.1. The summed E-state index contributed by atoms with van der Waals surface area (Å²) in [6.45, 7) is 10.2. The zero-order chi connectivity index (χ0) is 23.1. The maximum atomic E-state index is 11.8. The van der Waals surface area contributed by atoms with E-state index in [0.29, 0.717) is 5.92 Å². The molecule has 0 amide bonds. The second kappa shape index (κ2) is 9.53. The molecule has 1 atom stereocenters. The molecule has 6 heteroatoms. The number of fused-ring (bicyclic) bond motifs is 2. The Morgan fingerprint density at radius 2 is 2.09 bits per heavy atom. The van der Waals surface area contributed by atoms with Crippen LogP contribution in [0.4, 0.5) is 0 Å². The van der Waals surface area contributed by atoms with Gasteiger partial charge in [0.15, 0.2) is 0 Å². The fourth-order valence-corrected chi connectivity index (χ4v) is 7.19. The number of carbonyl (C=O) groups excluding carboxylic acids is 1. The third-order valence-electron chi connectivity index (χ3n) is 7.61. The van der Waals surface area contributed by atoms with E-state index in [-0.39, 0.29) is 11.8 Å². The van der Waals surface area contributed by atoms with Crippen molar-refractivity contribution in [3.05, 3.63) is 55.4 Å². The summed E-state index contributed by atoms with van der Waals surface area (Å²) in [5.74, 6) is 0.787. The van der Waals surface area contributed by atoms with E-state index in [0.717, 1.165) is 74.5 Å². The van der Waals surface area contributed by atoms with Gasteiger partial charge in [-0.25, -0.2) is 0 Å². The van der Waals surface area contributed by atoms with Crippen LogP contribution in [0.5, 0.6) is 0 Å². The number of halogens is 1. The van der Waals surface area contributed by atoms with Gasteiger partial charge < -0.3 is 14.6 Å². The molecule has 4 nitrogen and oxygen atoms in total. The Morgan fingerprint density at radius 1 is 1.30 bits per heavy atom. The van der Waals surface area contributed by atoms with Crippen LogP contribution in [0.3, 0.4) is 0 Å². The number of nitrogens with zero attached hydrogens (tertiary/aromatic N) is 1. The Labute approximate surface area is 205 Å². The monoisotopic (exact) mass is 484 g/mol. The van der Waals surface area contributed by atoms with Crippen molar-refractivity contribution in [3.8, 4) is 0 Å². The number of piperidine rings is 1. The maximum absolute atomic E-state index is 11.8. The lowest BCUT2D eigenvalue weighted by molar-refractivity contribution is -0.119. The van der Waals surface area contributed by atoms with Crippen LogP contribution in [0, 0.1) is 6.92 Å². The summed E-state index contributed by atoms with van der Waals surface area (Å²) in [5.41, 5.74) is 6.32. The molecule has 0 saturated carbocycles. The van der Waals surface area contributed by atoms with E-state index in [1.54, 1.807) is 6.92 Å². The van der Waals surface area contributed by atoms with Crippen LogP contribution in [0.15, 0.2) is 22.8 Å². The van der Waals surface area contributed by atoms with E-state index in [9.17, 15) is 4.79 Å². The molecular formula is C27H33ClN2O2S. The first-order chi connectivity index (χ1) is 15.9. The van der Waals surface area contributed by atoms with Crippen molar-refractivity contribution in [2.75, 3.05) is 19.6 Å². The Morgan fingerprint density at radius 3 is 2.82 bits per heavy atom. The van der Waals surface area contributed by atoms with Gasteiger partial charge in [-0.3, -0.25) is 4.79 Å². The molecule has 0 bridgehead atoms. The molecule has 1 aromatic carbocycles. The first-order valence-corrected chi connectivity index (χ1v) is 13.4. The highest BCUT2D eigenvalue weighted by Crippen LogP contribution is 2.37. The minimum absolute atomic E-state index is 0.00877. The fourth-order valence-electron chi connectivity index (χ4n) is 5.57. The molecule has 1 N–H and O–H groups in total. The molecule has 2 aromatic heterocycles. The molecule has 1 saturated heterocycles. The fraction of sp³-hybridized carbons (Fsp3) is 0.519. The number of rotatable bonds is 6. The Bertz CT molecular complexity index is 1170. The number of nitrogens with one attached hydrogen (secondary N) is 1. The van der Waals surface area contributed by atoms with E-state index in [2.05, 4.69) is 29.3 Å². The Balaban J connectivity index is 1.21. The highest BCUT2D eigenvalue weighted by molar-refractivity contribution is 7.12. The minimum Gasteiger partial charge on any atom is -0.464 e. The number of hydrogen-bond acceptors (Lipinski definition) is 5. The van der Waals surface area contributed by atoms with Crippen molar-refractivity contribution in [2.45, 2.75) is 71.4 Å². The second-order valence-corrected chi connectivity index (χ2v) is 11.3. The highest BCUT2D eigenvalue weighted by Gasteiger charge is 2.28. The zero-order valence-corrected chi connectivity index (χ0v) is 21.4. The van der Waals surface area contributed by atoms with Gasteiger partial charge in [-0.1, -0.05) is 18.5 Å². The van der Waals surface area contributed by atoms with Gasteiger partial charge in [-0.15, -0.1) is 11.3 Å². The lowest BCUT2D eigenvalue weighted by atomic mass is 9.89. The molecule has 1 fully saturated rings. The normalized spacial score (nSPS) is 19.8. The molecule has 1 unspecified atom stereocenters. The van der Waals surface area contributed by atoms with E-state index in [1.165, 1.54) is 31.8 Å². The van der Waals surface area contributed by atoms with Gasteiger partial charge in [0.2, 0.25) is 0 Å². The number of likely N-dealkylation sites (tertiary alicyclic amines) is 1. The van der Waals surface area contributed by atoms with Crippen molar-refractivity contribution >= 4 is 39.7 Å². The summed E-state index contributed by atoms with van der Waals surface area (Å²) in [6.07, 6.45) is 7.31. The van der Waals surface area contributed by atoms with Gasteiger partial charge in [-0.2, -0.15) is 0 Å². The standard InChI is InChI=1S/C27H33ClN2O2S/c1-4-19-21-14-29-24(17(3)31)13-27(21)33-26(19)7-10-30-8-5-18(6-9-30)22-15-32-25-11-16(2)23(28)12-20(22)25/h11-12,15,18,24,29H,4-10,13-14H2,1-3H3. The number of hydrogen-bond donors (Lipinski definition) is 1. The smallest absolute Gasteiger partial charge is 0.147 e. The van der Waals surface area contributed by atoms with Crippen molar-refractivity contribution in [1.29, 1.82) is 0 Å². The number of furan rings is 1. The number of carbonyl (C=O) groups is 1. The van der Waals surface area contributed by atoms with E-state index in [1.807, 2.05) is 24.5 Å². The predicted molar refractivity (Wildman–Crippen MR) is 137 cm³/mol. The van der Waals surface area contributed by atoms with Crippen LogP contribution < -0.4 is 5.32 Å². The average molecular weight is 485 g/mol. The van der Waals surface area contributed by atoms with Gasteiger partial charge in [-0.05, 0) is 87.4 Å². The van der Waals surface area contributed by atoms with Crippen molar-refractivity contribution < 1.29 is 9.21 Å². The molecule has 0 aliphatic carbocycles. The largest absolute Gasteiger partial charge is 0.464 e. The van der Waals surface area contributed by atoms with Gasteiger partial charge in [0.05, 0.1) is 12.3 Å². The van der Waals surface area contributed by atoms with Gasteiger partial charge >= 0.3 is 0 Å². The molecule has 3 aromatic rings. The summed E-state index contributed by atoms with van der Waals surface area (Å²) >= 11 is 8.35. The molecule has 2 aliphatic rings. The van der Waals surface area contributed by atoms with Crippen LogP contribution >= 0.6 is 22.9 Å². The van der Waals surface area contributed by atoms with E-state index < -0.39 is 0 Å². The van der Waals surface area contributed by atoms with Crippen molar-refractivity contribution in [3.63, 3.8) is 0 Å². The van der Waals surface area contributed by atoms with Crippen LogP contribution in [-0.4, -0.2) is 36.4 Å². The van der Waals surface area contributed by atoms with Gasteiger partial charge in [0.25, 0.3) is 0 Å². The summed E-state index contributed by atoms with van der Waals surface area (Å²) in [4.78, 5) is 17.4. The van der Waals surface area contributed by atoms with E-state index >= 15 is 0 Å². The second-order valence-electron chi connectivity index (χ2n) is 9.66. The third-order valence-corrected chi connectivity index (χ3v) is 9.37. The maximum Gasteiger partial charge on any atom is 0.147 e. The van der Waals surface area contributed by atoms with Crippen LogP contribution in [0.1, 0.15) is 64.6 Å². The van der Waals surface area contributed by atoms with Crippen LogP contribution in [-0.2, 0) is 30.6 Å². The summed E-state index contributed by atoms with van der Waals surface area (Å²) in [6, 6.07) is 4.12. The van der Waals surface area contributed by atoms with E-state index in [4.69, 9.17) is 16.0 Å². The molecular weight excluding hydrogens is 452 g/mol. The van der Waals surface area contributed by atoms with Crippen LogP contribution in [0.2, 0.25) is 5.02 Å². The molecule has 0 spiro atoms. The molecule has 2 aliphatic heterocycles. The van der Waals surface area contributed by atoms with Gasteiger partial charge in [0.1, 0.15) is 11.4 Å². The first-order valence-electron chi connectivity index (χ1n) is 12.2. The number of benzene rings is 1. The predicted octanol–water partition coefficient (Wildman–Crippen LogP) is 6.04. The summed E-state index contributed by atoms with van der Waals surface area (Å²) in [5, 5.41) is 5.43. The molecule has 0 radical (unpaired) electrons. The van der Waals surface area contributed by atoms with Crippen molar-refractivity contribution in [2.24, 2.45) is 0 Å². The van der Waals surface area contributed by atoms with Crippen LogP contribution in [0.25, 0.3) is 11.0 Å². The number of aryl methyl sites for hydroxylation is 1. The summed E-state index contributed by atoms with van der Waals surface area (Å²) in [7, 11) is 0.